The molecule has 1 aliphatic heterocycles. The van der Waals surface area contributed by atoms with Gasteiger partial charge in [0.1, 0.15) is 5.82 Å². The van der Waals surface area contributed by atoms with Crippen LogP contribution >= 0.6 is 0 Å². The number of pyridine rings is 1. The molecule has 0 aliphatic carbocycles. The molecule has 1 aliphatic rings. The molecule has 2 heterocycles. The van der Waals surface area contributed by atoms with Gasteiger partial charge in [0.25, 0.3) is 0 Å². The molecular weight excluding hydrogens is 246 g/mol. The van der Waals surface area contributed by atoms with Gasteiger partial charge in [0, 0.05) is 24.7 Å². The Hall–Kier alpha value is -1.89. The fourth-order valence-corrected chi connectivity index (χ4v) is 2.69. The summed E-state index contributed by atoms with van der Waals surface area (Å²) in [6.07, 6.45) is 3.22. The van der Waals surface area contributed by atoms with E-state index in [1.807, 2.05) is 0 Å². The largest absolute Gasteiger partial charge is 0.378 e. The Bertz CT molecular complexity index is 479. The molecule has 0 aromatic carbocycles. The third kappa shape index (κ3) is 2.60. The van der Waals surface area contributed by atoms with Gasteiger partial charge in [0.05, 0.1) is 4.92 Å². The number of anilines is 2. The first-order valence-electron chi connectivity index (χ1n) is 6.44. The molecule has 1 aromatic rings. The van der Waals surface area contributed by atoms with Crippen LogP contribution in [0.5, 0.6) is 0 Å². The molecule has 104 valence electrons. The molecule has 2 atom stereocenters. The summed E-state index contributed by atoms with van der Waals surface area (Å²) in [5, 5.41) is 10.7. The Kier molecular flexibility index (Phi) is 3.84. The quantitative estimate of drug-likeness (QED) is 0.629. The molecule has 7 heteroatoms. The van der Waals surface area contributed by atoms with Crippen molar-refractivity contribution in [3.8, 4) is 0 Å². The van der Waals surface area contributed by atoms with Crippen molar-refractivity contribution in [1.29, 1.82) is 0 Å². The number of aromatic nitrogens is 1. The first-order valence-corrected chi connectivity index (χ1v) is 6.44. The van der Waals surface area contributed by atoms with Crippen molar-refractivity contribution in [3.05, 3.63) is 22.2 Å². The number of nitrogen functional groups attached to an aromatic ring is 1. The Morgan fingerprint density at radius 2 is 2.26 bits per heavy atom. The van der Waals surface area contributed by atoms with Crippen molar-refractivity contribution in [2.45, 2.75) is 38.3 Å². The van der Waals surface area contributed by atoms with Crippen LogP contribution in [0.2, 0.25) is 0 Å². The minimum absolute atomic E-state index is 0.0453. The smallest absolute Gasteiger partial charge is 0.311 e. The highest BCUT2D eigenvalue weighted by atomic mass is 16.6. The lowest BCUT2D eigenvalue weighted by Gasteiger charge is -2.41. The fourth-order valence-electron chi connectivity index (χ4n) is 2.69. The lowest BCUT2D eigenvalue weighted by molar-refractivity contribution is -0.384. The summed E-state index contributed by atoms with van der Waals surface area (Å²) >= 11 is 0. The Morgan fingerprint density at radius 1 is 1.53 bits per heavy atom. The Labute approximate surface area is 111 Å². The van der Waals surface area contributed by atoms with Crippen LogP contribution in [-0.4, -0.2) is 28.5 Å². The van der Waals surface area contributed by atoms with Gasteiger partial charge < -0.3 is 16.4 Å². The van der Waals surface area contributed by atoms with E-state index < -0.39 is 4.92 Å². The number of hydrogen-bond acceptors (Lipinski definition) is 6. The summed E-state index contributed by atoms with van der Waals surface area (Å²) in [6.45, 7) is 2.66. The van der Waals surface area contributed by atoms with Crippen LogP contribution in [0, 0.1) is 10.1 Å². The minimum atomic E-state index is -0.522. The zero-order valence-electron chi connectivity index (χ0n) is 11.0. The number of rotatable bonds is 3. The predicted octanol–water partition coefficient (Wildman–Crippen LogP) is 1.28. The molecule has 7 nitrogen and oxygen atoms in total. The first-order chi connectivity index (χ1) is 9.04. The Balaban J connectivity index is 2.34. The van der Waals surface area contributed by atoms with Crippen LogP contribution in [0.15, 0.2) is 12.1 Å². The third-order valence-corrected chi connectivity index (χ3v) is 3.65. The van der Waals surface area contributed by atoms with Crippen molar-refractivity contribution < 1.29 is 4.92 Å². The molecule has 0 radical (unpaired) electrons. The van der Waals surface area contributed by atoms with Crippen LogP contribution in [0.25, 0.3) is 0 Å². The van der Waals surface area contributed by atoms with E-state index in [9.17, 15) is 10.1 Å². The zero-order valence-corrected chi connectivity index (χ0v) is 11.0. The number of nitro groups is 1. The molecule has 1 fully saturated rings. The van der Waals surface area contributed by atoms with Crippen molar-refractivity contribution in [1.82, 2.24) is 4.98 Å². The summed E-state index contributed by atoms with van der Waals surface area (Å²) in [4.78, 5) is 16.5. The lowest BCUT2D eigenvalue weighted by atomic mass is 9.96. The molecule has 2 unspecified atom stereocenters. The Morgan fingerprint density at radius 3 is 2.84 bits per heavy atom. The molecule has 19 heavy (non-hydrogen) atoms. The monoisotopic (exact) mass is 265 g/mol. The minimum Gasteiger partial charge on any atom is -0.378 e. The maximum Gasteiger partial charge on any atom is 0.311 e. The summed E-state index contributed by atoms with van der Waals surface area (Å²) in [7, 11) is 0. The van der Waals surface area contributed by atoms with E-state index >= 15 is 0 Å². The van der Waals surface area contributed by atoms with Crippen molar-refractivity contribution in [2.24, 2.45) is 5.73 Å². The van der Waals surface area contributed by atoms with Gasteiger partial charge in [-0.15, -0.1) is 0 Å². The number of piperidine rings is 1. The maximum absolute atomic E-state index is 10.7. The predicted molar refractivity (Wildman–Crippen MR) is 73.9 cm³/mol. The third-order valence-electron chi connectivity index (χ3n) is 3.65. The van der Waals surface area contributed by atoms with Gasteiger partial charge in [-0.1, -0.05) is 0 Å². The second kappa shape index (κ2) is 5.40. The van der Waals surface area contributed by atoms with E-state index in [-0.39, 0.29) is 17.5 Å². The van der Waals surface area contributed by atoms with Crippen LogP contribution in [0.4, 0.5) is 17.3 Å². The maximum atomic E-state index is 10.7. The lowest BCUT2D eigenvalue weighted by Crippen LogP contribution is -2.49. The average Bonchev–Trinajstić information content (AvgIpc) is 2.37. The summed E-state index contributed by atoms with van der Waals surface area (Å²) in [5.74, 6) is 0.627. The molecule has 1 aromatic heterocycles. The SMILES string of the molecule is CC1CCCC(CN)N1c1ccc([N+](=O)[O-])c(N)n1. The van der Waals surface area contributed by atoms with Gasteiger partial charge in [-0.3, -0.25) is 10.1 Å². The second-order valence-corrected chi connectivity index (χ2v) is 4.91. The standard InChI is InChI=1S/C12H19N5O2/c1-8-3-2-4-9(7-13)16(8)11-6-5-10(17(18)19)12(14)15-11/h5-6,8-9H,2-4,7,13H2,1H3,(H2,14,15). The van der Waals surface area contributed by atoms with Crippen LogP contribution in [-0.2, 0) is 0 Å². The summed E-state index contributed by atoms with van der Waals surface area (Å²) < 4.78 is 0. The van der Waals surface area contributed by atoms with Crippen molar-refractivity contribution >= 4 is 17.3 Å². The van der Waals surface area contributed by atoms with Crippen LogP contribution < -0.4 is 16.4 Å². The van der Waals surface area contributed by atoms with Crippen molar-refractivity contribution in [2.75, 3.05) is 17.2 Å². The van der Waals surface area contributed by atoms with E-state index in [1.54, 1.807) is 6.07 Å². The molecule has 0 amide bonds. The van der Waals surface area contributed by atoms with Crippen LogP contribution in [0.3, 0.4) is 0 Å². The highest BCUT2D eigenvalue weighted by molar-refractivity contribution is 5.58. The molecule has 0 bridgehead atoms. The van der Waals surface area contributed by atoms with Gasteiger partial charge in [-0.2, -0.15) is 0 Å². The molecule has 4 N–H and O–H groups in total. The fraction of sp³-hybridized carbons (Fsp3) is 0.583. The second-order valence-electron chi connectivity index (χ2n) is 4.91. The number of nitrogens with zero attached hydrogens (tertiary/aromatic N) is 3. The van der Waals surface area contributed by atoms with Gasteiger partial charge in [0.15, 0.2) is 0 Å². The number of hydrogen-bond donors (Lipinski definition) is 2. The van der Waals surface area contributed by atoms with E-state index in [0.717, 1.165) is 19.3 Å². The van der Waals surface area contributed by atoms with Crippen molar-refractivity contribution in [3.63, 3.8) is 0 Å². The van der Waals surface area contributed by atoms with Gasteiger partial charge in [-0.05, 0) is 32.3 Å². The summed E-state index contributed by atoms with van der Waals surface area (Å²) in [6, 6.07) is 3.60. The first kappa shape index (κ1) is 13.5. The van der Waals surface area contributed by atoms with E-state index in [1.165, 1.54) is 6.07 Å². The molecule has 1 saturated heterocycles. The topological polar surface area (TPSA) is 111 Å². The number of nitrogens with two attached hydrogens (primary N) is 2. The molecule has 0 spiro atoms. The van der Waals surface area contributed by atoms with Gasteiger partial charge in [-0.25, -0.2) is 4.98 Å². The van der Waals surface area contributed by atoms with Crippen LogP contribution in [0.1, 0.15) is 26.2 Å². The van der Waals surface area contributed by atoms with Gasteiger partial charge >= 0.3 is 5.69 Å². The van der Waals surface area contributed by atoms with E-state index in [2.05, 4.69) is 16.8 Å². The van der Waals surface area contributed by atoms with E-state index in [0.29, 0.717) is 18.4 Å². The van der Waals surface area contributed by atoms with Gasteiger partial charge in [0.2, 0.25) is 5.82 Å². The van der Waals surface area contributed by atoms with E-state index in [4.69, 9.17) is 11.5 Å². The molecular formula is C12H19N5O2. The average molecular weight is 265 g/mol. The highest BCUT2D eigenvalue weighted by Gasteiger charge is 2.29. The normalized spacial score (nSPS) is 23.4. The highest BCUT2D eigenvalue weighted by Crippen LogP contribution is 2.30. The summed E-state index contributed by atoms with van der Waals surface area (Å²) in [5.41, 5.74) is 11.3. The zero-order chi connectivity index (χ0) is 14.0. The molecule has 2 rings (SSSR count). The molecule has 0 saturated carbocycles.